The Morgan fingerprint density at radius 1 is 1.21 bits per heavy atom. The van der Waals surface area contributed by atoms with E-state index in [1.807, 2.05) is 6.92 Å². The van der Waals surface area contributed by atoms with Crippen LogP contribution in [-0.4, -0.2) is 27.4 Å². The number of nitrogens with zero attached hydrogens (tertiary/aromatic N) is 4. The van der Waals surface area contributed by atoms with E-state index in [9.17, 15) is 8.42 Å². The quantitative estimate of drug-likeness (QED) is 0.852. The van der Waals surface area contributed by atoms with E-state index in [1.54, 1.807) is 25.5 Å². The van der Waals surface area contributed by atoms with Crippen LogP contribution < -0.4 is 0 Å². The molecule has 0 unspecified atom stereocenters. The lowest BCUT2D eigenvalue weighted by atomic mass is 10.4. The van der Waals surface area contributed by atoms with E-state index in [-0.39, 0.29) is 4.90 Å². The molecular weight excluding hydrogens is 332 g/mol. The molecule has 0 amide bonds. The molecule has 0 aliphatic heterocycles. The van der Waals surface area contributed by atoms with Gasteiger partial charge in [-0.3, -0.25) is 4.68 Å². The normalized spacial score (nSPS) is 12.1. The molecule has 104 valence electrons. The predicted molar refractivity (Wildman–Crippen MR) is 74.6 cm³/mol. The largest absolute Gasteiger partial charge is 0.286 e. The highest BCUT2D eigenvalue weighted by molar-refractivity contribution is 9.10. The molecular formula is C11H15BrN4O2S. The van der Waals surface area contributed by atoms with E-state index in [2.05, 4.69) is 26.1 Å². The van der Waals surface area contributed by atoms with Crippen molar-refractivity contribution in [3.05, 3.63) is 27.8 Å². The highest BCUT2D eigenvalue weighted by atomic mass is 79.9. The predicted octanol–water partition coefficient (Wildman–Crippen LogP) is 2.02. The van der Waals surface area contributed by atoms with Gasteiger partial charge in [0.25, 0.3) is 10.0 Å². The topological polar surface area (TPSA) is 69.8 Å². The molecule has 2 aromatic rings. The molecule has 0 aliphatic carbocycles. The average molecular weight is 347 g/mol. The first-order valence-corrected chi connectivity index (χ1v) is 8.03. The molecule has 0 radical (unpaired) electrons. The van der Waals surface area contributed by atoms with Crippen molar-refractivity contribution < 1.29 is 8.42 Å². The Kier molecular flexibility index (Phi) is 3.57. The Balaban J connectivity index is 2.65. The first-order chi connectivity index (χ1) is 8.78. The summed E-state index contributed by atoms with van der Waals surface area (Å²) >= 11 is 3.33. The summed E-state index contributed by atoms with van der Waals surface area (Å²) in [7, 11) is -3.70. The zero-order chi connectivity index (χ0) is 14.4. The van der Waals surface area contributed by atoms with E-state index < -0.39 is 10.0 Å². The van der Waals surface area contributed by atoms with Gasteiger partial charge in [-0.15, -0.1) is 0 Å². The zero-order valence-electron chi connectivity index (χ0n) is 11.2. The van der Waals surface area contributed by atoms with Crippen LogP contribution in [0.2, 0.25) is 0 Å². The molecule has 19 heavy (non-hydrogen) atoms. The van der Waals surface area contributed by atoms with Gasteiger partial charge >= 0.3 is 0 Å². The molecule has 6 nitrogen and oxygen atoms in total. The van der Waals surface area contributed by atoms with Crippen molar-refractivity contribution in [2.24, 2.45) is 0 Å². The van der Waals surface area contributed by atoms with Crippen LogP contribution in [-0.2, 0) is 16.6 Å². The van der Waals surface area contributed by atoms with Crippen LogP contribution in [0.3, 0.4) is 0 Å². The standard InChI is InChI=1S/C11H15BrN4O2S/c1-5-15-6-10(7(2)13-15)19(17,18)16-9(4)11(12)8(3)14-16/h6H,5H2,1-4H3. The van der Waals surface area contributed by atoms with Crippen LogP contribution in [0, 0.1) is 20.8 Å². The van der Waals surface area contributed by atoms with Gasteiger partial charge in [-0.05, 0) is 43.6 Å². The molecule has 2 rings (SSSR count). The molecule has 0 aromatic carbocycles. The highest BCUT2D eigenvalue weighted by Gasteiger charge is 2.26. The number of halogens is 1. The fourth-order valence-corrected chi connectivity index (χ4v) is 3.74. The van der Waals surface area contributed by atoms with Crippen molar-refractivity contribution in [2.45, 2.75) is 39.1 Å². The SMILES string of the molecule is CCn1cc(S(=O)(=O)n2nc(C)c(Br)c2C)c(C)n1. The molecule has 0 N–H and O–H groups in total. The van der Waals surface area contributed by atoms with Gasteiger partial charge in [-0.1, -0.05) is 0 Å². The molecule has 0 atom stereocenters. The summed E-state index contributed by atoms with van der Waals surface area (Å²) in [4.78, 5) is 0.187. The summed E-state index contributed by atoms with van der Waals surface area (Å²) in [5.41, 5.74) is 1.67. The minimum Gasteiger partial charge on any atom is -0.271 e. The number of aromatic nitrogens is 4. The number of aryl methyl sites for hydroxylation is 3. The van der Waals surface area contributed by atoms with E-state index in [1.165, 1.54) is 6.20 Å². The summed E-state index contributed by atoms with van der Waals surface area (Å²) in [6.45, 7) is 7.67. The maximum absolute atomic E-state index is 12.6. The van der Waals surface area contributed by atoms with Gasteiger partial charge in [-0.25, -0.2) is 0 Å². The molecule has 0 spiro atoms. The number of hydrogen-bond donors (Lipinski definition) is 0. The highest BCUT2D eigenvalue weighted by Crippen LogP contribution is 2.25. The van der Waals surface area contributed by atoms with Gasteiger partial charge < -0.3 is 0 Å². The summed E-state index contributed by atoms with van der Waals surface area (Å²) in [5.74, 6) is 0. The molecule has 0 aliphatic rings. The van der Waals surface area contributed by atoms with Crippen LogP contribution in [0.4, 0.5) is 0 Å². The van der Waals surface area contributed by atoms with Gasteiger partial charge in [0, 0.05) is 12.7 Å². The lowest BCUT2D eigenvalue weighted by molar-refractivity contribution is 0.577. The van der Waals surface area contributed by atoms with Gasteiger partial charge in [0.1, 0.15) is 4.90 Å². The third-order valence-corrected chi connectivity index (χ3v) is 5.81. The summed E-state index contributed by atoms with van der Waals surface area (Å²) < 4.78 is 28.6. The Morgan fingerprint density at radius 2 is 1.84 bits per heavy atom. The summed E-state index contributed by atoms with van der Waals surface area (Å²) in [5, 5.41) is 8.24. The lowest BCUT2D eigenvalue weighted by Crippen LogP contribution is -2.16. The maximum atomic E-state index is 12.6. The average Bonchev–Trinajstić information content (AvgIpc) is 2.85. The smallest absolute Gasteiger partial charge is 0.271 e. The molecule has 0 fully saturated rings. The van der Waals surface area contributed by atoms with Crippen LogP contribution >= 0.6 is 15.9 Å². The molecule has 0 saturated heterocycles. The zero-order valence-corrected chi connectivity index (χ0v) is 13.6. The van der Waals surface area contributed by atoms with E-state index >= 15 is 0 Å². The molecule has 8 heteroatoms. The minimum absolute atomic E-state index is 0.187. The summed E-state index contributed by atoms with van der Waals surface area (Å²) in [6, 6.07) is 0. The Bertz CT molecular complexity index is 730. The van der Waals surface area contributed by atoms with Crippen LogP contribution in [0.1, 0.15) is 24.0 Å². The first-order valence-electron chi connectivity index (χ1n) is 5.80. The second kappa shape index (κ2) is 4.75. The third kappa shape index (κ3) is 2.23. The van der Waals surface area contributed by atoms with E-state index in [0.717, 1.165) is 4.09 Å². The van der Waals surface area contributed by atoms with E-state index in [0.29, 0.717) is 28.1 Å². The van der Waals surface area contributed by atoms with Gasteiger partial charge in [0.15, 0.2) is 0 Å². The maximum Gasteiger partial charge on any atom is 0.286 e. The number of hydrogen-bond acceptors (Lipinski definition) is 4. The molecule has 2 heterocycles. The minimum atomic E-state index is -3.70. The van der Waals surface area contributed by atoms with Crippen LogP contribution in [0.15, 0.2) is 15.6 Å². The Labute approximate surface area is 120 Å². The second-order valence-corrected chi connectivity index (χ2v) is 6.80. The van der Waals surface area contributed by atoms with Crippen molar-refractivity contribution in [1.82, 2.24) is 19.0 Å². The van der Waals surface area contributed by atoms with Crippen molar-refractivity contribution in [3.63, 3.8) is 0 Å². The van der Waals surface area contributed by atoms with Crippen molar-refractivity contribution in [2.75, 3.05) is 0 Å². The van der Waals surface area contributed by atoms with Gasteiger partial charge in [0.05, 0.1) is 21.6 Å². The number of rotatable bonds is 3. The lowest BCUT2D eigenvalue weighted by Gasteiger charge is -2.04. The van der Waals surface area contributed by atoms with E-state index in [4.69, 9.17) is 0 Å². The molecule has 0 bridgehead atoms. The summed E-state index contributed by atoms with van der Waals surface area (Å²) in [6.07, 6.45) is 1.54. The van der Waals surface area contributed by atoms with Gasteiger partial charge in [-0.2, -0.15) is 22.7 Å². The fraction of sp³-hybridized carbons (Fsp3) is 0.455. The molecule has 0 saturated carbocycles. The van der Waals surface area contributed by atoms with Crippen molar-refractivity contribution in [1.29, 1.82) is 0 Å². The van der Waals surface area contributed by atoms with Crippen LogP contribution in [0.25, 0.3) is 0 Å². The van der Waals surface area contributed by atoms with Crippen molar-refractivity contribution >= 4 is 26.0 Å². The third-order valence-electron chi connectivity index (χ3n) is 2.89. The Morgan fingerprint density at radius 3 is 2.26 bits per heavy atom. The fourth-order valence-electron chi connectivity index (χ4n) is 1.84. The first kappa shape index (κ1) is 14.3. The van der Waals surface area contributed by atoms with Crippen molar-refractivity contribution in [3.8, 4) is 0 Å². The second-order valence-electron chi connectivity index (χ2n) is 4.27. The van der Waals surface area contributed by atoms with Crippen LogP contribution in [0.5, 0.6) is 0 Å². The van der Waals surface area contributed by atoms with Gasteiger partial charge in [0.2, 0.25) is 0 Å². The molecule has 2 aromatic heterocycles. The Hall–Kier alpha value is -1.15. The monoisotopic (exact) mass is 346 g/mol.